The number of hydrogen-bond donors (Lipinski definition) is 0. The van der Waals surface area contributed by atoms with Crippen molar-refractivity contribution in [3.05, 3.63) is 80.3 Å². The first kappa shape index (κ1) is 21.3. The maximum atomic E-state index is 12.5. The number of carbonyl (C=O) groups excluding carboxylic acids is 3. The lowest BCUT2D eigenvalue weighted by Crippen LogP contribution is -2.35. The Morgan fingerprint density at radius 2 is 1.91 bits per heavy atom. The van der Waals surface area contributed by atoms with E-state index < -0.39 is 34.9 Å². The van der Waals surface area contributed by atoms with Crippen LogP contribution in [0.15, 0.2) is 47.8 Å². The SMILES string of the molecule is CCc1ccc(-c2nc(COC(=O)CN3C(=O)c4cccc([N+](=O)[O-])c4C3=O)cs2)cc1. The average molecular weight is 451 g/mol. The van der Waals surface area contributed by atoms with Crippen LogP contribution in [0.1, 0.15) is 38.9 Å². The first-order chi connectivity index (χ1) is 15.4. The van der Waals surface area contributed by atoms with E-state index in [1.54, 1.807) is 5.38 Å². The maximum Gasteiger partial charge on any atom is 0.326 e. The molecule has 0 fully saturated rings. The van der Waals surface area contributed by atoms with E-state index in [1.165, 1.54) is 29.0 Å². The number of amides is 2. The van der Waals surface area contributed by atoms with E-state index in [9.17, 15) is 24.5 Å². The fourth-order valence-electron chi connectivity index (χ4n) is 3.33. The largest absolute Gasteiger partial charge is 0.458 e. The number of aryl methyl sites for hydroxylation is 1. The van der Waals surface area contributed by atoms with Crippen LogP contribution < -0.4 is 0 Å². The fourth-order valence-corrected chi connectivity index (χ4v) is 4.14. The lowest BCUT2D eigenvalue weighted by molar-refractivity contribution is -0.385. The van der Waals surface area contributed by atoms with Crippen molar-refractivity contribution in [3.8, 4) is 10.6 Å². The van der Waals surface area contributed by atoms with Crippen molar-refractivity contribution >= 4 is 34.8 Å². The van der Waals surface area contributed by atoms with Gasteiger partial charge in [-0.2, -0.15) is 0 Å². The summed E-state index contributed by atoms with van der Waals surface area (Å²) in [5, 5.41) is 13.7. The molecule has 0 saturated heterocycles. The van der Waals surface area contributed by atoms with Gasteiger partial charge in [-0.1, -0.05) is 37.3 Å². The van der Waals surface area contributed by atoms with Crippen LogP contribution in [0.4, 0.5) is 5.69 Å². The molecule has 0 spiro atoms. The summed E-state index contributed by atoms with van der Waals surface area (Å²) in [6.45, 7) is 1.32. The molecular weight excluding hydrogens is 434 g/mol. The summed E-state index contributed by atoms with van der Waals surface area (Å²) < 4.78 is 5.17. The van der Waals surface area contributed by atoms with E-state index in [0.29, 0.717) is 10.6 Å². The number of nitrogens with zero attached hydrogens (tertiary/aromatic N) is 3. The van der Waals surface area contributed by atoms with Crippen molar-refractivity contribution in [2.24, 2.45) is 0 Å². The summed E-state index contributed by atoms with van der Waals surface area (Å²) in [6, 6.07) is 11.8. The second-order valence-electron chi connectivity index (χ2n) is 7.01. The van der Waals surface area contributed by atoms with Gasteiger partial charge >= 0.3 is 5.97 Å². The molecule has 4 rings (SSSR count). The summed E-state index contributed by atoms with van der Waals surface area (Å²) in [6.07, 6.45) is 0.944. The first-order valence-electron chi connectivity index (χ1n) is 9.72. The number of esters is 1. The van der Waals surface area contributed by atoms with Gasteiger partial charge in [0.1, 0.15) is 23.7 Å². The topological polar surface area (TPSA) is 120 Å². The molecule has 0 bridgehead atoms. The molecule has 3 aromatic rings. The van der Waals surface area contributed by atoms with Gasteiger partial charge in [-0.05, 0) is 18.1 Å². The molecule has 9 nitrogen and oxygen atoms in total. The monoisotopic (exact) mass is 451 g/mol. The lowest BCUT2D eigenvalue weighted by atomic mass is 10.1. The van der Waals surface area contributed by atoms with E-state index >= 15 is 0 Å². The van der Waals surface area contributed by atoms with E-state index in [2.05, 4.69) is 11.9 Å². The Labute approximate surface area is 186 Å². The number of imide groups is 1. The zero-order valence-electron chi connectivity index (χ0n) is 16.9. The number of nitro groups is 1. The minimum Gasteiger partial charge on any atom is -0.458 e. The smallest absolute Gasteiger partial charge is 0.326 e. The van der Waals surface area contributed by atoms with E-state index in [1.807, 2.05) is 24.3 Å². The molecular formula is C22H17N3O6S. The van der Waals surface area contributed by atoms with Gasteiger partial charge in [0.25, 0.3) is 17.5 Å². The van der Waals surface area contributed by atoms with Crippen LogP contribution in [0.3, 0.4) is 0 Å². The van der Waals surface area contributed by atoms with Gasteiger partial charge in [0.05, 0.1) is 16.2 Å². The van der Waals surface area contributed by atoms with E-state index in [-0.39, 0.29) is 17.7 Å². The van der Waals surface area contributed by atoms with Gasteiger partial charge in [-0.25, -0.2) is 4.98 Å². The highest BCUT2D eigenvalue weighted by Gasteiger charge is 2.41. The Morgan fingerprint density at radius 1 is 1.16 bits per heavy atom. The number of carbonyl (C=O) groups is 3. The molecule has 1 aliphatic rings. The van der Waals surface area contributed by atoms with Crippen molar-refractivity contribution in [1.82, 2.24) is 9.88 Å². The molecule has 2 heterocycles. The lowest BCUT2D eigenvalue weighted by Gasteiger charge is -2.12. The van der Waals surface area contributed by atoms with Gasteiger partial charge in [-0.3, -0.25) is 29.4 Å². The molecule has 1 aromatic heterocycles. The Kier molecular flexibility index (Phi) is 5.78. The van der Waals surface area contributed by atoms with Crippen LogP contribution in [0.2, 0.25) is 0 Å². The molecule has 0 radical (unpaired) electrons. The highest BCUT2D eigenvalue weighted by molar-refractivity contribution is 7.13. The Morgan fingerprint density at radius 3 is 2.59 bits per heavy atom. The van der Waals surface area contributed by atoms with Gasteiger partial charge in [-0.15, -0.1) is 11.3 Å². The molecule has 0 N–H and O–H groups in total. The number of benzene rings is 2. The minimum atomic E-state index is -0.888. The maximum absolute atomic E-state index is 12.5. The molecule has 10 heteroatoms. The van der Waals surface area contributed by atoms with Crippen molar-refractivity contribution < 1.29 is 24.0 Å². The number of hydrogen-bond acceptors (Lipinski definition) is 8. The second-order valence-corrected chi connectivity index (χ2v) is 7.87. The Hall–Kier alpha value is -3.92. The minimum absolute atomic E-state index is 0.102. The van der Waals surface area contributed by atoms with Crippen molar-refractivity contribution in [2.75, 3.05) is 6.54 Å². The standard InChI is InChI=1S/C22H17N3O6S/c1-2-13-6-8-14(9-7-13)20-23-15(12-32-20)11-31-18(26)10-24-21(27)16-4-3-5-17(25(29)30)19(16)22(24)28/h3-9,12H,2,10-11H2,1H3. The number of ether oxygens (including phenoxy) is 1. The molecule has 2 aromatic carbocycles. The van der Waals surface area contributed by atoms with Crippen molar-refractivity contribution in [2.45, 2.75) is 20.0 Å². The highest BCUT2D eigenvalue weighted by Crippen LogP contribution is 2.30. The number of nitro benzene ring substituents is 1. The van der Waals surface area contributed by atoms with Crippen molar-refractivity contribution in [1.29, 1.82) is 0 Å². The zero-order chi connectivity index (χ0) is 22.8. The van der Waals surface area contributed by atoms with Gasteiger partial charge in [0.15, 0.2) is 0 Å². The molecule has 1 aliphatic heterocycles. The number of thiazole rings is 1. The summed E-state index contributed by atoms with van der Waals surface area (Å²) in [7, 11) is 0. The molecule has 0 saturated carbocycles. The quantitative estimate of drug-likeness (QED) is 0.233. The molecule has 0 unspecified atom stereocenters. The normalized spacial score (nSPS) is 12.7. The average Bonchev–Trinajstić information content (AvgIpc) is 3.37. The highest BCUT2D eigenvalue weighted by atomic mass is 32.1. The van der Waals surface area contributed by atoms with Crippen LogP contribution in [0.25, 0.3) is 10.6 Å². The predicted molar refractivity (Wildman–Crippen MR) is 115 cm³/mol. The molecule has 32 heavy (non-hydrogen) atoms. The molecule has 2 amide bonds. The summed E-state index contributed by atoms with van der Waals surface area (Å²) in [5.41, 5.74) is 1.83. The predicted octanol–water partition coefficient (Wildman–Crippen LogP) is 3.62. The van der Waals surface area contributed by atoms with Gasteiger partial charge in [0, 0.05) is 17.0 Å². The van der Waals surface area contributed by atoms with Gasteiger partial charge in [0.2, 0.25) is 0 Å². The van der Waals surface area contributed by atoms with Crippen LogP contribution in [-0.2, 0) is 22.6 Å². The fraction of sp³-hybridized carbons (Fsp3) is 0.182. The van der Waals surface area contributed by atoms with Crippen LogP contribution in [-0.4, -0.2) is 39.1 Å². The molecule has 0 aliphatic carbocycles. The summed E-state index contributed by atoms with van der Waals surface area (Å²) >= 11 is 1.41. The first-order valence-corrected chi connectivity index (χ1v) is 10.6. The third kappa shape index (κ3) is 4.00. The summed E-state index contributed by atoms with van der Waals surface area (Å²) in [4.78, 5) is 52.8. The van der Waals surface area contributed by atoms with Gasteiger partial charge < -0.3 is 4.74 Å². The third-order valence-electron chi connectivity index (χ3n) is 5.00. The van der Waals surface area contributed by atoms with Crippen LogP contribution in [0.5, 0.6) is 0 Å². The second kappa shape index (κ2) is 8.67. The van der Waals surface area contributed by atoms with E-state index in [0.717, 1.165) is 23.1 Å². The van der Waals surface area contributed by atoms with Crippen LogP contribution in [0, 0.1) is 10.1 Å². The van der Waals surface area contributed by atoms with Crippen LogP contribution >= 0.6 is 11.3 Å². The molecule has 162 valence electrons. The van der Waals surface area contributed by atoms with E-state index in [4.69, 9.17) is 4.74 Å². The number of fused-ring (bicyclic) bond motifs is 1. The Balaban J connectivity index is 1.39. The number of aromatic nitrogens is 1. The summed E-state index contributed by atoms with van der Waals surface area (Å²) in [5.74, 6) is -2.47. The Bertz CT molecular complexity index is 1230. The third-order valence-corrected chi connectivity index (χ3v) is 5.94. The number of rotatable bonds is 7. The molecule has 0 atom stereocenters. The van der Waals surface area contributed by atoms with Crippen molar-refractivity contribution in [3.63, 3.8) is 0 Å². The zero-order valence-corrected chi connectivity index (χ0v) is 17.8.